The van der Waals surface area contributed by atoms with Gasteiger partial charge in [-0.05, 0) is 62.8 Å². The lowest BCUT2D eigenvalue weighted by Crippen LogP contribution is -2.26. The topological polar surface area (TPSA) is 67.8 Å². The average Bonchev–Trinajstić information content (AvgIpc) is 2.76. The number of allylic oxidation sites excluding steroid dienone is 1. The van der Waals surface area contributed by atoms with Crippen LogP contribution >= 0.6 is 0 Å². The van der Waals surface area contributed by atoms with Crippen LogP contribution in [-0.2, 0) is 5.54 Å². The SMILES string of the molecule is CCCCC1=C(C)C(C)(c2ccc(C)c(C)c2C(N)=O)N=N1. The van der Waals surface area contributed by atoms with Crippen molar-refractivity contribution in [2.24, 2.45) is 16.0 Å². The minimum Gasteiger partial charge on any atom is -0.366 e. The van der Waals surface area contributed by atoms with Crippen molar-refractivity contribution in [2.75, 3.05) is 0 Å². The van der Waals surface area contributed by atoms with Gasteiger partial charge in [0.1, 0.15) is 5.54 Å². The van der Waals surface area contributed by atoms with Crippen LogP contribution in [0.5, 0.6) is 0 Å². The van der Waals surface area contributed by atoms with Crippen molar-refractivity contribution >= 4 is 5.91 Å². The first-order chi connectivity index (χ1) is 10.3. The van der Waals surface area contributed by atoms with E-state index in [1.165, 1.54) is 0 Å². The Labute approximate surface area is 132 Å². The van der Waals surface area contributed by atoms with Crippen LogP contribution in [0.15, 0.2) is 33.6 Å². The van der Waals surface area contributed by atoms with Crippen LogP contribution in [0.2, 0.25) is 0 Å². The van der Waals surface area contributed by atoms with Crippen molar-refractivity contribution in [2.45, 2.75) is 59.4 Å². The second-order valence-corrected chi connectivity index (χ2v) is 6.24. The number of aryl methyl sites for hydroxylation is 1. The van der Waals surface area contributed by atoms with E-state index in [2.05, 4.69) is 24.1 Å². The molecule has 1 aromatic rings. The van der Waals surface area contributed by atoms with Gasteiger partial charge in [-0.1, -0.05) is 25.5 Å². The highest BCUT2D eigenvalue weighted by Gasteiger charge is 2.38. The summed E-state index contributed by atoms with van der Waals surface area (Å²) < 4.78 is 0. The lowest BCUT2D eigenvalue weighted by atomic mass is 9.80. The zero-order chi connectivity index (χ0) is 16.5. The third-order valence-corrected chi connectivity index (χ3v) is 4.81. The molecule has 1 atom stereocenters. The first-order valence-electron chi connectivity index (χ1n) is 7.86. The summed E-state index contributed by atoms with van der Waals surface area (Å²) in [6.45, 7) is 10.2. The highest BCUT2D eigenvalue weighted by atomic mass is 16.1. The maximum Gasteiger partial charge on any atom is 0.249 e. The quantitative estimate of drug-likeness (QED) is 0.851. The number of azo groups is 1. The van der Waals surface area contributed by atoms with E-state index in [1.54, 1.807) is 0 Å². The number of hydrogen-bond donors (Lipinski definition) is 1. The number of unbranched alkanes of at least 4 members (excludes halogenated alkanes) is 1. The fraction of sp³-hybridized carbons (Fsp3) is 0.500. The number of carbonyl (C=O) groups is 1. The van der Waals surface area contributed by atoms with Crippen LogP contribution in [-0.4, -0.2) is 5.91 Å². The standard InChI is InChI=1S/C18H25N3O/c1-6-7-8-15-13(4)18(5,21-20-15)14-10-9-11(2)12(3)16(14)17(19)22/h9-10H,6-8H2,1-5H3,(H2,19,22). The summed E-state index contributed by atoms with van der Waals surface area (Å²) >= 11 is 0. The third kappa shape index (κ3) is 2.58. The van der Waals surface area contributed by atoms with Gasteiger partial charge in [-0.25, -0.2) is 0 Å². The molecule has 22 heavy (non-hydrogen) atoms. The van der Waals surface area contributed by atoms with E-state index < -0.39 is 11.4 Å². The monoisotopic (exact) mass is 299 g/mol. The molecule has 1 unspecified atom stereocenters. The molecule has 0 bridgehead atoms. The summed E-state index contributed by atoms with van der Waals surface area (Å²) in [6.07, 6.45) is 3.15. The van der Waals surface area contributed by atoms with Gasteiger partial charge in [0.05, 0.1) is 5.70 Å². The summed E-state index contributed by atoms with van der Waals surface area (Å²) in [5.41, 5.74) is 10.6. The molecule has 1 amide bonds. The van der Waals surface area contributed by atoms with Gasteiger partial charge < -0.3 is 5.73 Å². The second kappa shape index (κ2) is 6.03. The number of rotatable bonds is 5. The molecule has 118 valence electrons. The van der Waals surface area contributed by atoms with Crippen LogP contribution in [0.3, 0.4) is 0 Å². The Morgan fingerprint density at radius 3 is 2.55 bits per heavy atom. The fourth-order valence-electron chi connectivity index (χ4n) is 2.97. The van der Waals surface area contributed by atoms with Gasteiger partial charge in [-0.3, -0.25) is 4.79 Å². The summed E-state index contributed by atoms with van der Waals surface area (Å²) in [5, 5.41) is 8.90. The van der Waals surface area contributed by atoms with Crippen molar-refractivity contribution in [3.05, 3.63) is 45.7 Å². The van der Waals surface area contributed by atoms with Crippen LogP contribution in [0.25, 0.3) is 0 Å². The lowest BCUT2D eigenvalue weighted by molar-refractivity contribution is 0.0997. The van der Waals surface area contributed by atoms with Gasteiger partial charge in [0.25, 0.3) is 0 Å². The largest absolute Gasteiger partial charge is 0.366 e. The van der Waals surface area contributed by atoms with Crippen molar-refractivity contribution in [1.82, 2.24) is 0 Å². The van der Waals surface area contributed by atoms with Gasteiger partial charge >= 0.3 is 0 Å². The van der Waals surface area contributed by atoms with E-state index in [0.717, 1.165) is 47.2 Å². The molecule has 1 aliphatic heterocycles. The van der Waals surface area contributed by atoms with Gasteiger partial charge in [0, 0.05) is 5.56 Å². The predicted molar refractivity (Wildman–Crippen MR) is 88.9 cm³/mol. The predicted octanol–water partition coefficient (Wildman–Crippen LogP) is 4.55. The maximum atomic E-state index is 12.0. The van der Waals surface area contributed by atoms with E-state index in [1.807, 2.05) is 32.9 Å². The Hall–Kier alpha value is -1.97. The third-order valence-electron chi connectivity index (χ3n) is 4.81. The molecule has 1 aromatic carbocycles. The molecule has 4 heteroatoms. The number of nitrogens with two attached hydrogens (primary N) is 1. The molecule has 1 aliphatic rings. The summed E-state index contributed by atoms with van der Waals surface area (Å²) in [7, 11) is 0. The Morgan fingerprint density at radius 2 is 1.95 bits per heavy atom. The number of amides is 1. The normalized spacial score (nSPS) is 20.8. The molecular weight excluding hydrogens is 274 g/mol. The highest BCUT2D eigenvalue weighted by Crippen LogP contribution is 2.43. The Kier molecular flexibility index (Phi) is 4.50. The van der Waals surface area contributed by atoms with Crippen LogP contribution < -0.4 is 5.73 Å². The molecule has 1 heterocycles. The lowest BCUT2D eigenvalue weighted by Gasteiger charge is -2.26. The number of hydrogen-bond acceptors (Lipinski definition) is 3. The first-order valence-corrected chi connectivity index (χ1v) is 7.86. The van der Waals surface area contributed by atoms with E-state index in [9.17, 15) is 4.79 Å². The molecule has 0 saturated carbocycles. The molecule has 2 rings (SSSR count). The number of carbonyl (C=O) groups excluding carboxylic acids is 1. The first kappa shape index (κ1) is 16.4. The molecule has 0 spiro atoms. The summed E-state index contributed by atoms with van der Waals surface area (Å²) in [6, 6.07) is 3.99. The van der Waals surface area contributed by atoms with E-state index in [4.69, 9.17) is 5.73 Å². The number of nitrogens with zero attached hydrogens (tertiary/aromatic N) is 2. The molecule has 4 nitrogen and oxygen atoms in total. The van der Waals surface area contributed by atoms with Crippen molar-refractivity contribution in [3.63, 3.8) is 0 Å². The van der Waals surface area contributed by atoms with E-state index >= 15 is 0 Å². The van der Waals surface area contributed by atoms with Crippen molar-refractivity contribution in [1.29, 1.82) is 0 Å². The maximum absolute atomic E-state index is 12.0. The van der Waals surface area contributed by atoms with Crippen LogP contribution in [0, 0.1) is 13.8 Å². The van der Waals surface area contributed by atoms with Crippen LogP contribution in [0.4, 0.5) is 0 Å². The van der Waals surface area contributed by atoms with E-state index in [-0.39, 0.29) is 0 Å². The minimum atomic E-state index is -0.591. The Morgan fingerprint density at radius 1 is 1.27 bits per heavy atom. The Bertz CT molecular complexity index is 673. The van der Waals surface area contributed by atoms with E-state index in [0.29, 0.717) is 5.56 Å². The highest BCUT2D eigenvalue weighted by molar-refractivity contribution is 5.96. The minimum absolute atomic E-state index is 0.401. The molecule has 2 N–H and O–H groups in total. The Balaban J connectivity index is 2.58. The zero-order valence-corrected chi connectivity index (χ0v) is 14.2. The molecule has 0 fully saturated rings. The van der Waals surface area contributed by atoms with Crippen molar-refractivity contribution < 1.29 is 4.79 Å². The van der Waals surface area contributed by atoms with Crippen LogP contribution in [0.1, 0.15) is 67.1 Å². The van der Waals surface area contributed by atoms with Gasteiger partial charge in [-0.2, -0.15) is 10.2 Å². The molecular formula is C18H25N3O. The summed E-state index contributed by atoms with van der Waals surface area (Å²) in [4.78, 5) is 12.0. The number of primary amides is 1. The molecule has 0 radical (unpaired) electrons. The average molecular weight is 299 g/mol. The smallest absolute Gasteiger partial charge is 0.249 e. The molecule has 0 saturated heterocycles. The number of benzene rings is 1. The fourth-order valence-corrected chi connectivity index (χ4v) is 2.97. The molecule has 0 aliphatic carbocycles. The van der Waals surface area contributed by atoms with Gasteiger partial charge in [0.15, 0.2) is 0 Å². The zero-order valence-electron chi connectivity index (χ0n) is 14.2. The van der Waals surface area contributed by atoms with Gasteiger partial charge in [0.2, 0.25) is 5.91 Å². The molecule has 0 aromatic heterocycles. The van der Waals surface area contributed by atoms with Crippen molar-refractivity contribution in [3.8, 4) is 0 Å². The van der Waals surface area contributed by atoms with Gasteiger partial charge in [-0.15, -0.1) is 0 Å². The summed E-state index contributed by atoms with van der Waals surface area (Å²) in [5.74, 6) is -0.401. The second-order valence-electron chi connectivity index (χ2n) is 6.24.